The Bertz CT molecular complexity index is 1090. The van der Waals surface area contributed by atoms with E-state index in [4.69, 9.17) is 0 Å². The highest BCUT2D eigenvalue weighted by Crippen LogP contribution is 2.42. The first kappa shape index (κ1) is 21.6. The van der Waals surface area contributed by atoms with Crippen LogP contribution in [0.15, 0.2) is 48.5 Å². The van der Waals surface area contributed by atoms with Crippen LogP contribution < -0.4 is 4.90 Å². The number of amides is 1. The molecule has 0 unspecified atom stereocenters. The summed E-state index contributed by atoms with van der Waals surface area (Å²) in [4.78, 5) is 27.8. The van der Waals surface area contributed by atoms with Crippen molar-refractivity contribution in [1.29, 1.82) is 0 Å². The first-order valence-electron chi connectivity index (χ1n) is 11.0. The Morgan fingerprint density at radius 3 is 2.29 bits per heavy atom. The number of rotatable bonds is 5. The molecule has 1 amide bonds. The van der Waals surface area contributed by atoms with Gasteiger partial charge in [0.05, 0.1) is 5.69 Å². The molecule has 3 aromatic rings. The fourth-order valence-electron chi connectivity index (χ4n) is 4.60. The monoisotopic (exact) mass is 435 g/mol. The summed E-state index contributed by atoms with van der Waals surface area (Å²) in [5.74, 6) is -0.285. The van der Waals surface area contributed by atoms with Crippen LogP contribution in [0.3, 0.4) is 0 Å². The third-order valence-corrected chi connectivity index (χ3v) is 7.45. The van der Waals surface area contributed by atoms with E-state index in [-0.39, 0.29) is 22.7 Å². The van der Waals surface area contributed by atoms with Gasteiger partial charge in [-0.1, -0.05) is 49.4 Å². The standard InChI is InChI=1S/C26H29NO3S/c1-16(2)27(25(28)19-11-9-17(3)10-12-19)23-21-14-13-20(18-7-5-4-6-8-18)15-22(21)31-24(23)26(29)30/h4-8,13-17,19H,9-12H2,1-3H3,(H,29,30). The maximum Gasteiger partial charge on any atom is 0.348 e. The number of benzene rings is 2. The summed E-state index contributed by atoms with van der Waals surface area (Å²) in [5, 5.41) is 10.8. The molecule has 1 N–H and O–H groups in total. The second-order valence-corrected chi connectivity index (χ2v) is 9.97. The van der Waals surface area contributed by atoms with E-state index in [1.807, 2.05) is 62.4 Å². The molecular formula is C26H29NO3S. The number of carboxylic acid groups (broad SMARTS) is 1. The Morgan fingerprint density at radius 1 is 1.00 bits per heavy atom. The first-order valence-corrected chi connectivity index (χ1v) is 11.9. The Labute approximate surface area is 187 Å². The zero-order valence-corrected chi connectivity index (χ0v) is 19.1. The van der Waals surface area contributed by atoms with Gasteiger partial charge in [-0.2, -0.15) is 0 Å². The van der Waals surface area contributed by atoms with Crippen LogP contribution in [0.5, 0.6) is 0 Å². The van der Waals surface area contributed by atoms with Gasteiger partial charge in [0.15, 0.2) is 0 Å². The summed E-state index contributed by atoms with van der Waals surface area (Å²) < 4.78 is 0.893. The molecule has 4 nitrogen and oxygen atoms in total. The van der Waals surface area contributed by atoms with E-state index in [9.17, 15) is 14.7 Å². The van der Waals surface area contributed by atoms with Crippen molar-refractivity contribution in [2.24, 2.45) is 11.8 Å². The van der Waals surface area contributed by atoms with Gasteiger partial charge in [-0.3, -0.25) is 4.79 Å². The lowest BCUT2D eigenvalue weighted by molar-refractivity contribution is -0.123. The van der Waals surface area contributed by atoms with Crippen molar-refractivity contribution < 1.29 is 14.7 Å². The molecule has 1 fully saturated rings. The maximum absolute atomic E-state index is 13.6. The third kappa shape index (κ3) is 4.24. The zero-order chi connectivity index (χ0) is 22.1. The van der Waals surface area contributed by atoms with Crippen LogP contribution in [0, 0.1) is 11.8 Å². The molecule has 1 aliphatic carbocycles. The lowest BCUT2D eigenvalue weighted by Crippen LogP contribution is -2.42. The van der Waals surface area contributed by atoms with E-state index in [2.05, 4.69) is 6.92 Å². The second kappa shape index (κ2) is 8.83. The van der Waals surface area contributed by atoms with E-state index in [0.717, 1.165) is 46.9 Å². The number of aromatic carboxylic acids is 1. The number of hydrogen-bond acceptors (Lipinski definition) is 3. The first-order chi connectivity index (χ1) is 14.9. The van der Waals surface area contributed by atoms with Crippen molar-refractivity contribution in [3.63, 3.8) is 0 Å². The van der Waals surface area contributed by atoms with Crippen molar-refractivity contribution in [2.45, 2.75) is 52.5 Å². The van der Waals surface area contributed by atoms with Crippen molar-refractivity contribution in [1.82, 2.24) is 0 Å². The van der Waals surface area contributed by atoms with Crippen LogP contribution in [0.2, 0.25) is 0 Å². The van der Waals surface area contributed by atoms with Crippen molar-refractivity contribution in [3.8, 4) is 11.1 Å². The molecule has 1 saturated carbocycles. The summed E-state index contributed by atoms with van der Waals surface area (Å²) >= 11 is 1.26. The Hall–Kier alpha value is -2.66. The molecule has 1 heterocycles. The highest BCUT2D eigenvalue weighted by atomic mass is 32.1. The molecule has 5 heteroatoms. The predicted octanol–water partition coefficient (Wildman–Crippen LogP) is 6.83. The Kier molecular flexibility index (Phi) is 6.15. The van der Waals surface area contributed by atoms with Crippen LogP contribution in [0.1, 0.15) is 56.1 Å². The summed E-state index contributed by atoms with van der Waals surface area (Å²) in [5.41, 5.74) is 2.69. The van der Waals surface area contributed by atoms with Gasteiger partial charge >= 0.3 is 5.97 Å². The molecule has 0 saturated heterocycles. The summed E-state index contributed by atoms with van der Waals surface area (Å²) in [7, 11) is 0. The quantitative estimate of drug-likeness (QED) is 0.477. The summed E-state index contributed by atoms with van der Waals surface area (Å²) in [6.07, 6.45) is 3.87. The average molecular weight is 436 g/mol. The number of fused-ring (bicyclic) bond motifs is 1. The van der Waals surface area contributed by atoms with Crippen LogP contribution in [-0.4, -0.2) is 23.0 Å². The van der Waals surface area contributed by atoms with Gasteiger partial charge in [-0.25, -0.2) is 4.79 Å². The molecule has 31 heavy (non-hydrogen) atoms. The molecule has 0 radical (unpaired) electrons. The maximum atomic E-state index is 13.6. The molecule has 1 aromatic heterocycles. The third-order valence-electron chi connectivity index (χ3n) is 6.33. The van der Waals surface area contributed by atoms with E-state index >= 15 is 0 Å². The van der Waals surface area contributed by atoms with Gasteiger partial charge < -0.3 is 10.0 Å². The van der Waals surface area contributed by atoms with E-state index in [0.29, 0.717) is 11.6 Å². The Morgan fingerprint density at radius 2 is 1.68 bits per heavy atom. The molecule has 1 aliphatic rings. The van der Waals surface area contributed by atoms with E-state index in [1.54, 1.807) is 4.90 Å². The summed E-state index contributed by atoms with van der Waals surface area (Å²) in [6.45, 7) is 6.17. The minimum Gasteiger partial charge on any atom is -0.477 e. The molecule has 4 rings (SSSR count). The van der Waals surface area contributed by atoms with Crippen molar-refractivity contribution in [2.75, 3.05) is 4.90 Å². The number of hydrogen-bond donors (Lipinski definition) is 1. The lowest BCUT2D eigenvalue weighted by atomic mass is 9.82. The fourth-order valence-corrected chi connectivity index (χ4v) is 5.68. The molecule has 0 bridgehead atoms. The van der Waals surface area contributed by atoms with Gasteiger partial charge in [0.2, 0.25) is 5.91 Å². The predicted molar refractivity (Wildman–Crippen MR) is 128 cm³/mol. The number of thiophene rings is 1. The van der Waals surface area contributed by atoms with Crippen LogP contribution in [0.25, 0.3) is 21.2 Å². The average Bonchev–Trinajstić information content (AvgIpc) is 3.13. The molecule has 0 aliphatic heterocycles. The van der Waals surface area contributed by atoms with Gasteiger partial charge in [0.25, 0.3) is 0 Å². The second-order valence-electron chi connectivity index (χ2n) is 8.92. The lowest BCUT2D eigenvalue weighted by Gasteiger charge is -2.33. The molecule has 2 aromatic carbocycles. The number of carbonyl (C=O) groups is 2. The number of anilines is 1. The minimum absolute atomic E-state index is 0.0289. The smallest absolute Gasteiger partial charge is 0.348 e. The molecule has 0 spiro atoms. The fraction of sp³-hybridized carbons (Fsp3) is 0.385. The normalized spacial score (nSPS) is 19.0. The summed E-state index contributed by atoms with van der Waals surface area (Å²) in [6, 6.07) is 16.0. The molecule has 0 atom stereocenters. The van der Waals surface area contributed by atoms with Crippen molar-refractivity contribution in [3.05, 3.63) is 53.4 Å². The van der Waals surface area contributed by atoms with Crippen LogP contribution >= 0.6 is 11.3 Å². The van der Waals surface area contributed by atoms with Crippen LogP contribution in [-0.2, 0) is 4.79 Å². The molecular weight excluding hydrogens is 406 g/mol. The van der Waals surface area contributed by atoms with Gasteiger partial charge in [-0.05, 0) is 62.6 Å². The molecule has 162 valence electrons. The van der Waals surface area contributed by atoms with Gasteiger partial charge in [0, 0.05) is 22.0 Å². The largest absolute Gasteiger partial charge is 0.477 e. The van der Waals surface area contributed by atoms with Gasteiger partial charge in [-0.15, -0.1) is 11.3 Å². The highest BCUT2D eigenvalue weighted by molar-refractivity contribution is 7.21. The van der Waals surface area contributed by atoms with E-state index in [1.165, 1.54) is 11.3 Å². The minimum atomic E-state index is -0.979. The number of carbonyl (C=O) groups excluding carboxylic acids is 1. The SMILES string of the molecule is CC1CCC(C(=O)N(c2c(C(=O)O)sc3cc(-c4ccccc4)ccc23)C(C)C)CC1. The highest BCUT2D eigenvalue weighted by Gasteiger charge is 2.34. The number of nitrogens with zero attached hydrogens (tertiary/aromatic N) is 1. The van der Waals surface area contributed by atoms with Crippen LogP contribution in [0.4, 0.5) is 5.69 Å². The van der Waals surface area contributed by atoms with Gasteiger partial charge in [0.1, 0.15) is 4.88 Å². The van der Waals surface area contributed by atoms with Crippen molar-refractivity contribution >= 4 is 39.0 Å². The topological polar surface area (TPSA) is 57.6 Å². The van der Waals surface area contributed by atoms with E-state index < -0.39 is 5.97 Å². The zero-order valence-electron chi connectivity index (χ0n) is 18.3. The number of carboxylic acids is 1. The Balaban J connectivity index is 1.80.